The third-order valence-electron chi connectivity index (χ3n) is 10.3. The number of nitrogens with zero attached hydrogens (tertiary/aromatic N) is 1. The van der Waals surface area contributed by atoms with Crippen LogP contribution in [-0.4, -0.2) is 0 Å². The van der Waals surface area contributed by atoms with Gasteiger partial charge in [0.25, 0.3) is 0 Å². The molecule has 11 rings (SSSR count). The quantitative estimate of drug-likeness (QED) is 0.178. The minimum Gasteiger partial charge on any atom is -0.456 e. The summed E-state index contributed by atoms with van der Waals surface area (Å²) in [6.07, 6.45) is 0. The van der Waals surface area contributed by atoms with Gasteiger partial charge in [0.2, 0.25) is 0 Å². The third kappa shape index (κ3) is 4.55. The van der Waals surface area contributed by atoms with Gasteiger partial charge in [-0.3, -0.25) is 0 Å². The molecule has 0 fully saturated rings. The molecule has 0 aliphatic carbocycles. The highest BCUT2D eigenvalue weighted by Crippen LogP contribution is 2.48. The van der Waals surface area contributed by atoms with Gasteiger partial charge < -0.3 is 9.32 Å². The molecule has 0 amide bonds. The zero-order valence-electron chi connectivity index (χ0n) is 27.9. The summed E-state index contributed by atoms with van der Waals surface area (Å²) >= 11 is 3.75. The topological polar surface area (TPSA) is 16.4 Å². The van der Waals surface area contributed by atoms with Gasteiger partial charge in [-0.1, -0.05) is 127 Å². The minimum absolute atomic E-state index is 0.881. The molecule has 0 aliphatic heterocycles. The molecular formula is C48H29NOS2. The molecule has 52 heavy (non-hydrogen) atoms. The van der Waals surface area contributed by atoms with E-state index in [2.05, 4.69) is 169 Å². The number of para-hydroxylation sites is 1. The van der Waals surface area contributed by atoms with Gasteiger partial charge in [0.15, 0.2) is 0 Å². The first kappa shape index (κ1) is 29.5. The Bertz CT molecular complexity index is 3130. The van der Waals surface area contributed by atoms with E-state index in [1.54, 1.807) is 0 Å². The zero-order valence-corrected chi connectivity index (χ0v) is 29.5. The molecule has 0 saturated carbocycles. The van der Waals surface area contributed by atoms with Crippen LogP contribution in [0.25, 0.3) is 84.5 Å². The highest BCUT2D eigenvalue weighted by molar-refractivity contribution is 7.27. The van der Waals surface area contributed by atoms with Gasteiger partial charge in [0.1, 0.15) is 11.2 Å². The Labute approximate surface area is 308 Å². The molecule has 8 aromatic carbocycles. The number of rotatable bonds is 5. The number of hydrogen-bond donors (Lipinski definition) is 0. The first-order valence-corrected chi connectivity index (χ1v) is 19.1. The summed E-state index contributed by atoms with van der Waals surface area (Å²) in [5, 5.41) is 7.43. The maximum absolute atomic E-state index is 6.44. The Hall–Kier alpha value is -6.20. The van der Waals surface area contributed by atoms with Gasteiger partial charge in [0.05, 0.1) is 10.4 Å². The van der Waals surface area contributed by atoms with Crippen LogP contribution in [0.2, 0.25) is 0 Å². The van der Waals surface area contributed by atoms with Gasteiger partial charge >= 0.3 is 0 Å². The van der Waals surface area contributed by atoms with E-state index in [0.29, 0.717) is 0 Å². The van der Waals surface area contributed by atoms with Crippen LogP contribution in [0.5, 0.6) is 0 Å². The molecule has 0 N–H and O–H groups in total. The summed E-state index contributed by atoms with van der Waals surface area (Å²) in [6, 6.07) is 63.6. The van der Waals surface area contributed by atoms with Crippen LogP contribution in [0.3, 0.4) is 0 Å². The second kappa shape index (κ2) is 11.7. The third-order valence-corrected chi connectivity index (χ3v) is 12.8. The number of thiophene rings is 2. The van der Waals surface area contributed by atoms with Crippen molar-refractivity contribution in [2.24, 2.45) is 0 Å². The molecule has 0 spiro atoms. The smallest absolute Gasteiger partial charge is 0.137 e. The lowest BCUT2D eigenvalue weighted by molar-refractivity contribution is 0.669. The van der Waals surface area contributed by atoms with Gasteiger partial charge in [0, 0.05) is 63.9 Å². The van der Waals surface area contributed by atoms with Gasteiger partial charge in [-0.2, -0.15) is 0 Å². The predicted octanol–water partition coefficient (Wildman–Crippen LogP) is 15.1. The molecular weight excluding hydrogens is 671 g/mol. The minimum atomic E-state index is 0.881. The molecule has 0 radical (unpaired) electrons. The maximum Gasteiger partial charge on any atom is 0.137 e. The summed E-state index contributed by atoms with van der Waals surface area (Å²) < 4.78 is 11.6. The number of benzene rings is 8. The van der Waals surface area contributed by atoms with E-state index in [9.17, 15) is 0 Å². The van der Waals surface area contributed by atoms with E-state index >= 15 is 0 Å². The summed E-state index contributed by atoms with van der Waals surface area (Å²) in [5.74, 6) is 0. The van der Waals surface area contributed by atoms with E-state index in [1.165, 1.54) is 62.6 Å². The predicted molar refractivity (Wildman–Crippen MR) is 225 cm³/mol. The van der Waals surface area contributed by atoms with Crippen LogP contribution in [-0.2, 0) is 0 Å². The number of hydrogen-bond acceptors (Lipinski definition) is 4. The van der Waals surface area contributed by atoms with Crippen molar-refractivity contribution in [2.45, 2.75) is 0 Å². The highest BCUT2D eigenvalue weighted by Gasteiger charge is 2.21. The summed E-state index contributed by atoms with van der Waals surface area (Å²) in [4.78, 5) is 2.40. The molecule has 3 heterocycles. The Morgan fingerprint density at radius 1 is 0.365 bits per heavy atom. The second-order valence-electron chi connectivity index (χ2n) is 13.2. The number of anilines is 3. The van der Waals surface area contributed by atoms with E-state index in [-0.39, 0.29) is 0 Å². The van der Waals surface area contributed by atoms with Crippen LogP contribution in [0, 0.1) is 0 Å². The molecule has 0 bridgehead atoms. The Kier molecular flexibility index (Phi) is 6.63. The lowest BCUT2D eigenvalue weighted by atomic mass is 10.0. The second-order valence-corrected chi connectivity index (χ2v) is 15.3. The largest absolute Gasteiger partial charge is 0.456 e. The van der Waals surface area contributed by atoms with Crippen molar-refractivity contribution in [3.8, 4) is 22.3 Å². The standard InChI is InChI=1S/C48H29NOS2/c1-2-11-30(12-3-1)34-15-9-18-40-41-19-10-20-42(48(41)52-47(34)40)49(33-27-28-37-36-13-4-6-21-43(36)50-44(37)29-33)32-25-23-31(24-26-32)35-16-8-17-39-38-14-5-7-22-45(38)51-46(35)39/h1-29H. The van der Waals surface area contributed by atoms with E-state index in [1.807, 2.05) is 34.8 Å². The summed E-state index contributed by atoms with van der Waals surface area (Å²) in [6.45, 7) is 0. The first-order chi connectivity index (χ1) is 25.8. The SMILES string of the molecule is c1ccc(-c2cccc3c2sc2c(N(c4ccc(-c5cccc6c5sc5ccccc56)cc4)c4ccc5c(c4)oc4ccccc45)cccc23)cc1. The molecule has 0 atom stereocenters. The molecule has 4 heteroatoms. The van der Waals surface area contributed by atoms with E-state index in [0.717, 1.165) is 39.0 Å². The van der Waals surface area contributed by atoms with E-state index in [4.69, 9.17) is 4.42 Å². The maximum atomic E-state index is 6.44. The fourth-order valence-corrected chi connectivity index (χ4v) is 10.4. The van der Waals surface area contributed by atoms with Crippen LogP contribution in [0.1, 0.15) is 0 Å². The van der Waals surface area contributed by atoms with Crippen LogP contribution >= 0.6 is 22.7 Å². The Morgan fingerprint density at radius 2 is 0.942 bits per heavy atom. The Balaban J connectivity index is 1.12. The first-order valence-electron chi connectivity index (χ1n) is 17.5. The lowest BCUT2D eigenvalue weighted by Gasteiger charge is -2.26. The van der Waals surface area contributed by atoms with Crippen molar-refractivity contribution in [1.29, 1.82) is 0 Å². The summed E-state index contributed by atoms with van der Waals surface area (Å²) in [5.41, 5.74) is 10.1. The summed E-state index contributed by atoms with van der Waals surface area (Å²) in [7, 11) is 0. The molecule has 0 unspecified atom stereocenters. The molecule has 11 aromatic rings. The number of furan rings is 1. The average molecular weight is 700 g/mol. The van der Waals surface area contributed by atoms with Crippen LogP contribution in [0.15, 0.2) is 180 Å². The number of fused-ring (bicyclic) bond motifs is 9. The van der Waals surface area contributed by atoms with Gasteiger partial charge in [-0.15, -0.1) is 22.7 Å². The zero-order chi connectivity index (χ0) is 34.2. The fourth-order valence-electron chi connectivity index (χ4n) is 7.87. The molecule has 0 saturated heterocycles. The van der Waals surface area contributed by atoms with Gasteiger partial charge in [-0.25, -0.2) is 0 Å². The van der Waals surface area contributed by atoms with Crippen molar-refractivity contribution in [1.82, 2.24) is 0 Å². The fraction of sp³-hybridized carbons (Fsp3) is 0. The monoisotopic (exact) mass is 699 g/mol. The van der Waals surface area contributed by atoms with Crippen molar-refractivity contribution in [2.75, 3.05) is 4.90 Å². The van der Waals surface area contributed by atoms with Crippen molar-refractivity contribution >= 4 is 102 Å². The molecule has 3 aromatic heterocycles. The normalized spacial score (nSPS) is 11.8. The highest BCUT2D eigenvalue weighted by atomic mass is 32.1. The van der Waals surface area contributed by atoms with Crippen LogP contribution < -0.4 is 4.90 Å². The van der Waals surface area contributed by atoms with Gasteiger partial charge in [-0.05, 0) is 64.7 Å². The lowest BCUT2D eigenvalue weighted by Crippen LogP contribution is -2.10. The van der Waals surface area contributed by atoms with Crippen LogP contribution in [0.4, 0.5) is 17.1 Å². The Morgan fingerprint density at radius 3 is 1.75 bits per heavy atom. The van der Waals surface area contributed by atoms with Crippen molar-refractivity contribution < 1.29 is 4.42 Å². The van der Waals surface area contributed by atoms with Crippen molar-refractivity contribution in [3.05, 3.63) is 176 Å². The van der Waals surface area contributed by atoms with Crippen molar-refractivity contribution in [3.63, 3.8) is 0 Å². The average Bonchev–Trinajstić information content (AvgIpc) is 3.90. The van der Waals surface area contributed by atoms with E-state index < -0.39 is 0 Å². The molecule has 244 valence electrons. The molecule has 2 nitrogen and oxygen atoms in total. The molecule has 0 aliphatic rings.